The molecule has 0 atom stereocenters. The second kappa shape index (κ2) is 2.53. The lowest BCUT2D eigenvalue weighted by molar-refractivity contribution is -0.113. The molecule has 0 aromatic heterocycles. The molecule has 3 saturated carbocycles. The highest BCUT2D eigenvalue weighted by molar-refractivity contribution is 14.1. The first-order valence-corrected chi connectivity index (χ1v) is 5.66. The number of rotatable bonds is 0. The summed E-state index contributed by atoms with van der Waals surface area (Å²) >= 11 is 4.24. The summed E-state index contributed by atoms with van der Waals surface area (Å²) in [7, 11) is 0. The van der Waals surface area contributed by atoms with Crippen LogP contribution in [0, 0.1) is 30.5 Å². The summed E-state index contributed by atoms with van der Waals surface area (Å²) in [6.45, 7) is 0. The third-order valence-electron chi connectivity index (χ3n) is 2.66. The maximum Gasteiger partial charge on any atom is 0.0366 e. The van der Waals surface area contributed by atoms with Crippen molar-refractivity contribution in [1.29, 1.82) is 0 Å². The summed E-state index contributed by atoms with van der Waals surface area (Å²) in [5, 5.41) is 0. The van der Waals surface area contributed by atoms with Crippen LogP contribution in [0.5, 0.6) is 0 Å². The van der Waals surface area contributed by atoms with Gasteiger partial charge in [-0.2, -0.15) is 0 Å². The molecule has 0 unspecified atom stereocenters. The van der Waals surface area contributed by atoms with Gasteiger partial charge < -0.3 is 0 Å². The molecule has 0 aliphatic heterocycles. The molecule has 3 fully saturated rings. The zero-order chi connectivity index (χ0) is 7.95. The quantitative estimate of drug-likeness (QED) is 0.456. The van der Waals surface area contributed by atoms with Crippen LogP contribution < -0.4 is 0 Å². The van der Waals surface area contributed by atoms with Gasteiger partial charge in [-0.25, -0.2) is 0 Å². The average Bonchev–Trinajstić information content (AvgIpc) is 1.81. The Kier molecular flexibility index (Phi) is 1.89. The van der Waals surface area contributed by atoms with Crippen molar-refractivity contribution < 1.29 is 0 Å². The lowest BCUT2D eigenvalue weighted by atomic mass is 9.36. The van der Waals surface area contributed by atoms with E-state index in [4.69, 9.17) is 0 Å². The monoisotopic (exact) mass is 368 g/mol. The van der Waals surface area contributed by atoms with E-state index in [9.17, 15) is 0 Å². The van der Waals surface area contributed by atoms with E-state index < -0.39 is 0 Å². The fraction of sp³-hybridized carbons (Fsp3) is 0.556. The predicted molar refractivity (Wildman–Crippen MR) is 62.3 cm³/mol. The number of hydrogen-bond donors (Lipinski definition) is 0. The molecular formula is C9H6I2. The largest absolute Gasteiger partial charge is 0.0849 e. The van der Waals surface area contributed by atoms with Crippen molar-refractivity contribution in [2.45, 2.75) is 19.3 Å². The van der Waals surface area contributed by atoms with Crippen LogP contribution in [0.2, 0.25) is 0 Å². The Morgan fingerprint density at radius 3 is 1.45 bits per heavy atom. The minimum Gasteiger partial charge on any atom is -0.0849 e. The molecule has 0 saturated heterocycles. The zero-order valence-electron chi connectivity index (χ0n) is 5.88. The highest BCUT2D eigenvalue weighted by Crippen LogP contribution is 2.72. The molecule has 2 heteroatoms. The molecule has 3 rings (SSSR count). The summed E-state index contributed by atoms with van der Waals surface area (Å²) in [4.78, 5) is 0. The molecular weight excluding hydrogens is 362 g/mol. The van der Waals surface area contributed by atoms with Crippen molar-refractivity contribution in [3.63, 3.8) is 0 Å². The lowest BCUT2D eigenvalue weighted by Crippen LogP contribution is -2.59. The minimum atomic E-state index is 0.404. The van der Waals surface area contributed by atoms with Crippen LogP contribution in [0.15, 0.2) is 0 Å². The molecule has 3 aliphatic rings. The summed E-state index contributed by atoms with van der Waals surface area (Å²) in [5.74, 6) is 6.55. The fourth-order valence-electron chi connectivity index (χ4n) is 2.25. The minimum absolute atomic E-state index is 0.404. The molecule has 0 amide bonds. The van der Waals surface area contributed by atoms with Crippen LogP contribution in [0.3, 0.4) is 0 Å². The summed E-state index contributed by atoms with van der Waals surface area (Å²) < 4.78 is 5.95. The molecule has 0 nitrogen and oxygen atoms in total. The van der Waals surface area contributed by atoms with E-state index in [0.717, 1.165) is 0 Å². The third kappa shape index (κ3) is 1.10. The van der Waals surface area contributed by atoms with Gasteiger partial charge in [-0.05, 0) is 27.1 Å². The van der Waals surface area contributed by atoms with Crippen LogP contribution in [0.4, 0.5) is 0 Å². The van der Waals surface area contributed by atoms with E-state index >= 15 is 0 Å². The fourth-order valence-corrected chi connectivity index (χ4v) is 3.40. The van der Waals surface area contributed by atoms with Crippen molar-refractivity contribution in [2.24, 2.45) is 10.8 Å². The molecule has 0 aromatic carbocycles. The lowest BCUT2D eigenvalue weighted by Gasteiger charge is -2.65. The average molecular weight is 368 g/mol. The molecule has 0 aromatic rings. The van der Waals surface area contributed by atoms with Crippen LogP contribution in [-0.2, 0) is 0 Å². The van der Waals surface area contributed by atoms with Gasteiger partial charge in [0.15, 0.2) is 0 Å². The molecule has 56 valence electrons. The van der Waals surface area contributed by atoms with Crippen LogP contribution in [0.25, 0.3) is 0 Å². The van der Waals surface area contributed by atoms with Gasteiger partial charge in [0, 0.05) is 56.0 Å². The van der Waals surface area contributed by atoms with Gasteiger partial charge in [0.2, 0.25) is 0 Å². The molecule has 0 spiro atoms. The Morgan fingerprint density at radius 2 is 1.18 bits per heavy atom. The normalized spacial score (nSPS) is 43.5. The molecule has 11 heavy (non-hydrogen) atoms. The summed E-state index contributed by atoms with van der Waals surface area (Å²) in [6.07, 6.45) is 3.68. The smallest absolute Gasteiger partial charge is 0.0366 e. The van der Waals surface area contributed by atoms with E-state index in [1.165, 1.54) is 19.3 Å². The highest BCUT2D eigenvalue weighted by atomic mass is 127. The Balaban J connectivity index is 2.06. The molecule has 0 radical (unpaired) electrons. The maximum absolute atomic E-state index is 3.27. The van der Waals surface area contributed by atoms with Gasteiger partial charge in [-0.3, -0.25) is 0 Å². The number of halogens is 2. The van der Waals surface area contributed by atoms with Crippen molar-refractivity contribution in [2.75, 3.05) is 0 Å². The van der Waals surface area contributed by atoms with Crippen molar-refractivity contribution in [1.82, 2.24) is 0 Å². The maximum atomic E-state index is 3.27. The van der Waals surface area contributed by atoms with Gasteiger partial charge in [-0.15, -0.1) is 0 Å². The van der Waals surface area contributed by atoms with Gasteiger partial charge in [0.05, 0.1) is 0 Å². The van der Waals surface area contributed by atoms with Crippen molar-refractivity contribution >= 4 is 45.2 Å². The first-order chi connectivity index (χ1) is 5.24. The third-order valence-corrected chi connectivity index (χ3v) is 3.19. The van der Waals surface area contributed by atoms with Gasteiger partial charge >= 0.3 is 0 Å². The van der Waals surface area contributed by atoms with E-state index in [2.05, 4.69) is 64.9 Å². The van der Waals surface area contributed by atoms with Crippen molar-refractivity contribution in [3.05, 3.63) is 0 Å². The van der Waals surface area contributed by atoms with E-state index in [0.29, 0.717) is 10.8 Å². The van der Waals surface area contributed by atoms with Crippen molar-refractivity contribution in [3.8, 4) is 19.7 Å². The molecule has 0 heterocycles. The second-order valence-corrected chi connectivity index (χ2v) is 4.61. The first kappa shape index (κ1) is 8.19. The Hall–Kier alpha value is 0.580. The molecule has 0 N–H and O–H groups in total. The molecule has 3 aliphatic carbocycles. The van der Waals surface area contributed by atoms with E-state index in [-0.39, 0.29) is 0 Å². The summed E-state index contributed by atoms with van der Waals surface area (Å²) in [5.41, 5.74) is 0.809. The topological polar surface area (TPSA) is 0 Å². The Labute approximate surface area is 94.2 Å². The Bertz CT molecular complexity index is 258. The second-order valence-electron chi connectivity index (χ2n) is 3.53. The van der Waals surface area contributed by atoms with Gasteiger partial charge in [-0.1, -0.05) is 11.8 Å². The van der Waals surface area contributed by atoms with Crippen LogP contribution in [0.1, 0.15) is 19.3 Å². The van der Waals surface area contributed by atoms with Gasteiger partial charge in [0.1, 0.15) is 0 Å². The Morgan fingerprint density at radius 1 is 0.818 bits per heavy atom. The van der Waals surface area contributed by atoms with E-state index in [1.54, 1.807) is 0 Å². The number of hydrogen-bond acceptors (Lipinski definition) is 0. The van der Waals surface area contributed by atoms with Crippen LogP contribution >= 0.6 is 45.2 Å². The predicted octanol–water partition coefficient (Wildman–Crippen LogP) is 2.95. The zero-order valence-corrected chi connectivity index (χ0v) is 10.2. The van der Waals surface area contributed by atoms with Gasteiger partial charge in [0.25, 0.3) is 0 Å². The summed E-state index contributed by atoms with van der Waals surface area (Å²) in [6, 6.07) is 0. The SMILES string of the molecule is IC#CC12CC(C#CI)(C1)C2. The standard InChI is InChI=1S/C9H6I2/c10-3-1-8-5-9(6-8,7-8)2-4-11/h5-7H2. The van der Waals surface area contributed by atoms with Crippen LogP contribution in [-0.4, -0.2) is 0 Å². The van der Waals surface area contributed by atoms with E-state index in [1.807, 2.05) is 0 Å². The highest BCUT2D eigenvalue weighted by Gasteiger charge is 2.66. The molecule has 2 bridgehead atoms. The first-order valence-electron chi connectivity index (χ1n) is 3.50.